The first-order valence-electron chi connectivity index (χ1n) is 11.7. The quantitative estimate of drug-likeness (QED) is 0.631. The highest BCUT2D eigenvalue weighted by atomic mass is 16.5. The number of likely N-dealkylation sites (tertiary alicyclic amines) is 2. The van der Waals surface area contributed by atoms with Crippen molar-refractivity contribution in [2.75, 3.05) is 39.2 Å². The van der Waals surface area contributed by atoms with Crippen molar-refractivity contribution in [2.24, 2.45) is 11.8 Å². The Morgan fingerprint density at radius 1 is 0.971 bits per heavy atom. The zero-order chi connectivity index (χ0) is 25.9. The van der Waals surface area contributed by atoms with Crippen LogP contribution in [0.1, 0.15) is 60.7 Å². The van der Waals surface area contributed by atoms with E-state index >= 15 is 0 Å². The minimum Gasteiger partial charge on any atom is -0.465 e. The van der Waals surface area contributed by atoms with Gasteiger partial charge >= 0.3 is 11.9 Å². The lowest BCUT2D eigenvalue weighted by Gasteiger charge is -2.34. The second-order valence-corrected chi connectivity index (χ2v) is 9.91. The minimum absolute atomic E-state index is 0.0132. The van der Waals surface area contributed by atoms with E-state index in [9.17, 15) is 24.0 Å². The number of rotatable bonds is 5. The maximum absolute atomic E-state index is 13.0. The van der Waals surface area contributed by atoms with E-state index in [0.717, 1.165) is 0 Å². The smallest absolute Gasteiger partial charge is 0.339 e. The van der Waals surface area contributed by atoms with Crippen LogP contribution in [0.3, 0.4) is 0 Å². The largest absolute Gasteiger partial charge is 0.465 e. The van der Waals surface area contributed by atoms with Gasteiger partial charge in [-0.15, -0.1) is 0 Å². The van der Waals surface area contributed by atoms with E-state index in [1.165, 1.54) is 32.4 Å². The zero-order valence-corrected chi connectivity index (χ0v) is 20.9. The van der Waals surface area contributed by atoms with Gasteiger partial charge in [-0.1, -0.05) is 0 Å². The molecule has 2 aliphatic heterocycles. The topological polar surface area (TPSA) is 122 Å². The number of hydrogen-bond donors (Lipinski definition) is 1. The van der Waals surface area contributed by atoms with E-state index in [0.29, 0.717) is 32.5 Å². The predicted molar refractivity (Wildman–Crippen MR) is 127 cm³/mol. The molecule has 0 saturated carbocycles. The van der Waals surface area contributed by atoms with Gasteiger partial charge in [-0.05, 0) is 51.8 Å². The first-order valence-corrected chi connectivity index (χ1v) is 11.7. The molecule has 0 aromatic heterocycles. The van der Waals surface area contributed by atoms with Gasteiger partial charge in [0.1, 0.15) is 0 Å². The number of carbonyl (C=O) groups excluding carboxylic acids is 5. The number of ether oxygens (including phenoxy) is 2. The molecule has 1 unspecified atom stereocenters. The maximum Gasteiger partial charge on any atom is 0.339 e. The fourth-order valence-electron chi connectivity index (χ4n) is 4.56. The Morgan fingerprint density at radius 2 is 1.60 bits per heavy atom. The van der Waals surface area contributed by atoms with Gasteiger partial charge in [0.15, 0.2) is 0 Å². The van der Waals surface area contributed by atoms with Crippen LogP contribution in [0.2, 0.25) is 0 Å². The number of nitrogens with zero attached hydrogens (tertiary/aromatic N) is 2. The number of methoxy groups -OCH3 is 2. The van der Waals surface area contributed by atoms with Crippen molar-refractivity contribution in [2.45, 2.75) is 45.6 Å². The van der Waals surface area contributed by atoms with Crippen molar-refractivity contribution in [3.05, 3.63) is 29.3 Å². The molecule has 0 radical (unpaired) electrons. The lowest BCUT2D eigenvalue weighted by molar-refractivity contribution is -0.138. The molecular weight excluding hydrogens is 454 g/mol. The monoisotopic (exact) mass is 487 g/mol. The van der Waals surface area contributed by atoms with E-state index in [2.05, 4.69) is 5.32 Å². The molecule has 35 heavy (non-hydrogen) atoms. The lowest BCUT2D eigenvalue weighted by Crippen LogP contribution is -2.46. The average Bonchev–Trinajstić information content (AvgIpc) is 3.24. The second kappa shape index (κ2) is 10.5. The predicted octanol–water partition coefficient (Wildman–Crippen LogP) is 2.08. The van der Waals surface area contributed by atoms with Crippen LogP contribution in [0.25, 0.3) is 0 Å². The Hall–Kier alpha value is -3.43. The van der Waals surface area contributed by atoms with Gasteiger partial charge < -0.3 is 24.6 Å². The van der Waals surface area contributed by atoms with E-state index < -0.39 is 11.9 Å². The molecule has 3 amide bonds. The molecule has 0 bridgehead atoms. The van der Waals surface area contributed by atoms with Gasteiger partial charge in [0.05, 0.1) is 37.0 Å². The summed E-state index contributed by atoms with van der Waals surface area (Å²) in [6.07, 6.45) is 1.11. The van der Waals surface area contributed by atoms with Gasteiger partial charge in [0.2, 0.25) is 17.7 Å². The molecule has 1 N–H and O–H groups in total. The number of nitrogens with one attached hydrogen (secondary N) is 1. The fraction of sp³-hybridized carbons (Fsp3) is 0.560. The molecule has 2 saturated heterocycles. The summed E-state index contributed by atoms with van der Waals surface area (Å²) < 4.78 is 9.50. The van der Waals surface area contributed by atoms with Crippen molar-refractivity contribution >= 4 is 35.3 Å². The average molecular weight is 488 g/mol. The highest BCUT2D eigenvalue weighted by Gasteiger charge is 2.41. The van der Waals surface area contributed by atoms with Crippen LogP contribution < -0.4 is 5.32 Å². The molecule has 1 atom stereocenters. The summed E-state index contributed by atoms with van der Waals surface area (Å²) in [7, 11) is 2.47. The molecule has 0 spiro atoms. The Labute approximate surface area is 204 Å². The SMILES string of the molecule is COC(=O)c1ccc(C(=O)OC)c(NC(=O)C2CCN(C(=O)C3CC(=O)N(C(C)(C)C)C3)CC2)c1. The molecule has 0 aliphatic carbocycles. The molecule has 190 valence electrons. The van der Waals surface area contributed by atoms with Gasteiger partial charge in [-0.2, -0.15) is 0 Å². The summed E-state index contributed by atoms with van der Waals surface area (Å²) in [5.41, 5.74) is 0.141. The standard InChI is InChI=1S/C25H33N3O7/c1-25(2,3)28-14-17(13-20(28)29)22(31)27-10-8-15(9-11-27)21(30)26-19-12-16(23(32)34-4)6-7-18(19)24(33)35-5/h6-7,12,15,17H,8-11,13-14H2,1-5H3,(H,26,30). The molecule has 1 aromatic rings. The molecule has 2 aliphatic rings. The lowest BCUT2D eigenvalue weighted by atomic mass is 9.94. The summed E-state index contributed by atoms with van der Waals surface area (Å²) in [5, 5.41) is 2.74. The third kappa shape index (κ3) is 5.80. The zero-order valence-electron chi connectivity index (χ0n) is 20.9. The van der Waals surface area contributed by atoms with Crippen molar-refractivity contribution in [3.63, 3.8) is 0 Å². The number of anilines is 1. The summed E-state index contributed by atoms with van der Waals surface area (Å²) in [4.78, 5) is 65.9. The van der Waals surface area contributed by atoms with Crippen LogP contribution in [-0.4, -0.2) is 78.9 Å². The van der Waals surface area contributed by atoms with Crippen LogP contribution in [0.15, 0.2) is 18.2 Å². The summed E-state index contributed by atoms with van der Waals surface area (Å²) in [6, 6.07) is 4.21. The number of carbonyl (C=O) groups is 5. The molecular formula is C25H33N3O7. The Bertz CT molecular complexity index is 1020. The molecule has 2 heterocycles. The Morgan fingerprint density at radius 3 is 2.14 bits per heavy atom. The summed E-state index contributed by atoms with van der Waals surface area (Å²) in [5.74, 6) is -2.35. The van der Waals surface area contributed by atoms with Crippen molar-refractivity contribution in [3.8, 4) is 0 Å². The van der Waals surface area contributed by atoms with E-state index in [4.69, 9.17) is 9.47 Å². The van der Waals surface area contributed by atoms with Gasteiger partial charge in [0, 0.05) is 37.5 Å². The van der Waals surface area contributed by atoms with Crippen LogP contribution in [-0.2, 0) is 23.9 Å². The van der Waals surface area contributed by atoms with E-state index in [-0.39, 0.29) is 58.3 Å². The number of esters is 2. The minimum atomic E-state index is -0.646. The highest BCUT2D eigenvalue weighted by Crippen LogP contribution is 2.29. The Balaban J connectivity index is 1.63. The molecule has 1 aromatic carbocycles. The van der Waals surface area contributed by atoms with Crippen LogP contribution in [0, 0.1) is 11.8 Å². The number of amides is 3. The molecule has 10 nitrogen and oxygen atoms in total. The summed E-state index contributed by atoms with van der Waals surface area (Å²) in [6.45, 7) is 7.08. The third-order valence-electron chi connectivity index (χ3n) is 6.57. The Kier molecular flexibility index (Phi) is 7.82. The van der Waals surface area contributed by atoms with Gasteiger partial charge in [-0.25, -0.2) is 9.59 Å². The second-order valence-electron chi connectivity index (χ2n) is 9.91. The number of hydrogen-bond acceptors (Lipinski definition) is 7. The van der Waals surface area contributed by atoms with Crippen LogP contribution >= 0.6 is 0 Å². The normalized spacial score (nSPS) is 18.9. The summed E-state index contributed by atoms with van der Waals surface area (Å²) >= 11 is 0. The van der Waals surface area contributed by atoms with Gasteiger partial charge in [0.25, 0.3) is 0 Å². The first kappa shape index (κ1) is 26.2. The first-order chi connectivity index (χ1) is 16.5. The van der Waals surface area contributed by atoms with Crippen molar-refractivity contribution in [1.82, 2.24) is 9.80 Å². The molecule has 3 rings (SSSR count). The van der Waals surface area contributed by atoms with Crippen molar-refractivity contribution in [1.29, 1.82) is 0 Å². The van der Waals surface area contributed by atoms with Crippen molar-refractivity contribution < 1.29 is 33.4 Å². The maximum atomic E-state index is 13.0. The van der Waals surface area contributed by atoms with Gasteiger partial charge in [-0.3, -0.25) is 14.4 Å². The van der Waals surface area contributed by atoms with E-state index in [1.807, 2.05) is 20.8 Å². The number of benzene rings is 1. The van der Waals surface area contributed by atoms with E-state index in [1.54, 1.807) is 9.80 Å². The number of piperidine rings is 1. The van der Waals surface area contributed by atoms with Crippen LogP contribution in [0.4, 0.5) is 5.69 Å². The fourth-order valence-corrected chi connectivity index (χ4v) is 4.56. The van der Waals surface area contributed by atoms with Crippen LogP contribution in [0.5, 0.6) is 0 Å². The highest BCUT2D eigenvalue weighted by molar-refractivity contribution is 6.04. The molecule has 2 fully saturated rings. The third-order valence-corrected chi connectivity index (χ3v) is 6.57. The molecule has 10 heteroatoms.